The van der Waals surface area contributed by atoms with Crippen molar-refractivity contribution in [1.82, 2.24) is 9.97 Å². The van der Waals surface area contributed by atoms with E-state index in [1.807, 2.05) is 6.07 Å². The number of hydrogen-bond donors (Lipinski definition) is 0. The van der Waals surface area contributed by atoms with E-state index < -0.39 is 0 Å². The van der Waals surface area contributed by atoms with Gasteiger partial charge in [0, 0.05) is 18.4 Å². The van der Waals surface area contributed by atoms with Gasteiger partial charge >= 0.3 is 0 Å². The number of thiophene rings is 1. The second kappa shape index (κ2) is 5.00. The summed E-state index contributed by atoms with van der Waals surface area (Å²) in [6, 6.07) is 2.04. The zero-order valence-corrected chi connectivity index (χ0v) is 13.4. The van der Waals surface area contributed by atoms with Gasteiger partial charge in [-0.15, -0.1) is 11.3 Å². The molecular formula is C13H16BrN3OS. The number of anilines is 1. The molecule has 0 amide bonds. The van der Waals surface area contributed by atoms with Crippen LogP contribution in [0.15, 0.2) is 17.8 Å². The fourth-order valence-corrected chi connectivity index (χ4v) is 3.74. The largest absolute Gasteiger partial charge is 0.368 e. The molecule has 0 radical (unpaired) electrons. The molecule has 1 aliphatic rings. The highest BCUT2D eigenvalue weighted by Gasteiger charge is 2.34. The highest BCUT2D eigenvalue weighted by Crippen LogP contribution is 2.32. The molecule has 0 N–H and O–H groups in total. The lowest BCUT2D eigenvalue weighted by atomic mass is 10.1. The topological polar surface area (TPSA) is 38.2 Å². The molecule has 2 aromatic heterocycles. The van der Waals surface area contributed by atoms with Crippen molar-refractivity contribution in [3.8, 4) is 0 Å². The average molecular weight is 342 g/mol. The Morgan fingerprint density at radius 1 is 1.53 bits per heavy atom. The Morgan fingerprint density at radius 3 is 3.16 bits per heavy atom. The highest BCUT2D eigenvalue weighted by atomic mass is 79.9. The van der Waals surface area contributed by atoms with Crippen LogP contribution in [0.3, 0.4) is 0 Å². The summed E-state index contributed by atoms with van der Waals surface area (Å²) in [5.74, 6) is 1.03. The van der Waals surface area contributed by atoms with E-state index in [1.165, 1.54) is 0 Å². The van der Waals surface area contributed by atoms with Crippen LogP contribution in [0.4, 0.5) is 5.82 Å². The van der Waals surface area contributed by atoms with Crippen LogP contribution in [-0.2, 0) is 4.74 Å². The summed E-state index contributed by atoms with van der Waals surface area (Å²) >= 11 is 5.22. The summed E-state index contributed by atoms with van der Waals surface area (Å²) < 4.78 is 7.20. The Morgan fingerprint density at radius 2 is 2.37 bits per heavy atom. The van der Waals surface area contributed by atoms with Crippen molar-refractivity contribution in [2.45, 2.75) is 25.6 Å². The van der Waals surface area contributed by atoms with Gasteiger partial charge in [-0.2, -0.15) is 0 Å². The molecule has 1 atom stereocenters. The van der Waals surface area contributed by atoms with Gasteiger partial charge in [-0.3, -0.25) is 0 Å². The van der Waals surface area contributed by atoms with Crippen molar-refractivity contribution in [2.24, 2.45) is 0 Å². The van der Waals surface area contributed by atoms with E-state index in [2.05, 4.69) is 50.0 Å². The molecule has 2 aromatic rings. The van der Waals surface area contributed by atoms with Crippen LogP contribution >= 0.6 is 27.3 Å². The summed E-state index contributed by atoms with van der Waals surface area (Å²) in [6.45, 7) is 5.96. The SMILES string of the molecule is CC1(C)CN(c2ncnc3ccsc23)CC(CBr)O1. The molecule has 1 fully saturated rings. The fraction of sp³-hybridized carbons (Fsp3) is 0.538. The van der Waals surface area contributed by atoms with Gasteiger partial charge in [-0.25, -0.2) is 9.97 Å². The maximum Gasteiger partial charge on any atom is 0.150 e. The van der Waals surface area contributed by atoms with Crippen molar-refractivity contribution in [3.05, 3.63) is 17.8 Å². The van der Waals surface area contributed by atoms with Gasteiger partial charge in [0.1, 0.15) is 12.1 Å². The Balaban J connectivity index is 1.98. The van der Waals surface area contributed by atoms with Gasteiger partial charge in [0.05, 0.1) is 21.9 Å². The Labute approximate surface area is 124 Å². The van der Waals surface area contributed by atoms with Crippen LogP contribution in [0.2, 0.25) is 0 Å². The van der Waals surface area contributed by atoms with Crippen LogP contribution in [0.25, 0.3) is 10.2 Å². The molecule has 1 saturated heterocycles. The number of aromatic nitrogens is 2. The summed E-state index contributed by atoms with van der Waals surface area (Å²) in [5, 5.41) is 2.90. The summed E-state index contributed by atoms with van der Waals surface area (Å²) in [6.07, 6.45) is 1.84. The zero-order valence-electron chi connectivity index (χ0n) is 11.0. The van der Waals surface area contributed by atoms with Crippen molar-refractivity contribution >= 4 is 43.3 Å². The normalized spacial score (nSPS) is 22.9. The Bertz CT molecular complexity index is 586. The number of halogens is 1. The molecule has 19 heavy (non-hydrogen) atoms. The Kier molecular flexibility index (Phi) is 3.49. The van der Waals surface area contributed by atoms with Gasteiger partial charge in [0.2, 0.25) is 0 Å². The molecule has 102 valence electrons. The van der Waals surface area contributed by atoms with Gasteiger partial charge in [0.25, 0.3) is 0 Å². The molecule has 0 saturated carbocycles. The second-order valence-corrected chi connectivity index (χ2v) is 6.93. The molecular weight excluding hydrogens is 326 g/mol. The Hall–Kier alpha value is -0.720. The lowest BCUT2D eigenvalue weighted by Crippen LogP contribution is -2.53. The standard InChI is InChI=1S/C13H16BrN3OS/c1-13(2)7-17(6-9(5-14)18-13)12-11-10(3-4-19-11)15-8-16-12/h3-4,8-9H,5-7H2,1-2H3. The molecule has 4 nitrogen and oxygen atoms in total. The van der Waals surface area contributed by atoms with E-state index in [-0.39, 0.29) is 11.7 Å². The van der Waals surface area contributed by atoms with Crippen molar-refractivity contribution in [1.29, 1.82) is 0 Å². The second-order valence-electron chi connectivity index (χ2n) is 5.37. The minimum absolute atomic E-state index is 0.161. The quantitative estimate of drug-likeness (QED) is 0.787. The van der Waals surface area contributed by atoms with E-state index in [1.54, 1.807) is 17.7 Å². The fourth-order valence-electron chi connectivity index (χ4n) is 2.54. The predicted octanol–water partition coefficient (Wildman–Crippen LogP) is 3.07. The van der Waals surface area contributed by atoms with Gasteiger partial charge in [0.15, 0.2) is 0 Å². The van der Waals surface area contributed by atoms with Crippen LogP contribution < -0.4 is 4.90 Å². The molecule has 0 aliphatic carbocycles. The third kappa shape index (κ3) is 2.61. The molecule has 1 unspecified atom stereocenters. The van der Waals surface area contributed by atoms with E-state index in [9.17, 15) is 0 Å². The molecule has 3 heterocycles. The number of fused-ring (bicyclic) bond motifs is 1. The summed E-state index contributed by atoms with van der Waals surface area (Å²) in [5.41, 5.74) is 0.861. The molecule has 0 spiro atoms. The van der Waals surface area contributed by atoms with Crippen LogP contribution in [0.5, 0.6) is 0 Å². The van der Waals surface area contributed by atoms with Crippen molar-refractivity contribution in [2.75, 3.05) is 23.3 Å². The van der Waals surface area contributed by atoms with Gasteiger partial charge in [-0.1, -0.05) is 15.9 Å². The number of ether oxygens (including phenoxy) is 1. The minimum Gasteiger partial charge on any atom is -0.368 e. The van der Waals surface area contributed by atoms with Gasteiger partial charge < -0.3 is 9.64 Å². The first-order chi connectivity index (χ1) is 9.09. The van der Waals surface area contributed by atoms with Crippen LogP contribution in [-0.4, -0.2) is 40.1 Å². The van der Waals surface area contributed by atoms with Crippen molar-refractivity contribution in [3.63, 3.8) is 0 Å². The number of nitrogens with zero attached hydrogens (tertiary/aromatic N) is 3. The summed E-state index contributed by atoms with van der Waals surface area (Å²) in [4.78, 5) is 11.1. The van der Waals surface area contributed by atoms with Crippen LogP contribution in [0, 0.1) is 0 Å². The monoisotopic (exact) mass is 341 g/mol. The molecule has 6 heteroatoms. The first kappa shape index (κ1) is 13.3. The number of alkyl halides is 1. The van der Waals surface area contributed by atoms with E-state index >= 15 is 0 Å². The third-order valence-electron chi connectivity index (χ3n) is 3.18. The maximum absolute atomic E-state index is 6.04. The molecule has 3 rings (SSSR count). The number of hydrogen-bond acceptors (Lipinski definition) is 5. The smallest absolute Gasteiger partial charge is 0.150 e. The minimum atomic E-state index is -0.161. The van der Waals surface area contributed by atoms with Crippen molar-refractivity contribution < 1.29 is 4.74 Å². The summed E-state index contributed by atoms with van der Waals surface area (Å²) in [7, 11) is 0. The van der Waals surface area contributed by atoms with E-state index in [0.717, 1.165) is 34.5 Å². The average Bonchev–Trinajstić information content (AvgIpc) is 2.84. The molecule has 0 bridgehead atoms. The predicted molar refractivity (Wildman–Crippen MR) is 82.4 cm³/mol. The van der Waals surface area contributed by atoms with E-state index in [0.29, 0.717) is 0 Å². The highest BCUT2D eigenvalue weighted by molar-refractivity contribution is 9.09. The lowest BCUT2D eigenvalue weighted by molar-refractivity contribution is -0.0725. The first-order valence-corrected chi connectivity index (χ1v) is 8.26. The van der Waals surface area contributed by atoms with Gasteiger partial charge in [-0.05, 0) is 25.3 Å². The van der Waals surface area contributed by atoms with E-state index in [4.69, 9.17) is 4.74 Å². The third-order valence-corrected chi connectivity index (χ3v) is 4.80. The zero-order chi connectivity index (χ0) is 13.5. The molecule has 1 aliphatic heterocycles. The number of rotatable bonds is 2. The maximum atomic E-state index is 6.04. The van der Waals surface area contributed by atoms with Crippen LogP contribution in [0.1, 0.15) is 13.8 Å². The first-order valence-electron chi connectivity index (χ1n) is 6.26. The molecule has 0 aromatic carbocycles. The number of morpholine rings is 1. The lowest BCUT2D eigenvalue weighted by Gasteiger charge is -2.43.